The lowest BCUT2D eigenvalue weighted by Gasteiger charge is -2.14. The van der Waals surface area contributed by atoms with E-state index in [1.807, 2.05) is 30.3 Å². The highest BCUT2D eigenvalue weighted by molar-refractivity contribution is 7.91. The molecule has 0 bridgehead atoms. The van der Waals surface area contributed by atoms with Crippen LogP contribution in [0.1, 0.15) is 5.56 Å². The minimum absolute atomic E-state index is 0.0302. The third-order valence-corrected chi connectivity index (χ3v) is 5.12. The number of ether oxygens (including phenoxy) is 1. The lowest BCUT2D eigenvalue weighted by Crippen LogP contribution is -2.21. The van der Waals surface area contributed by atoms with E-state index >= 15 is 0 Å². The molecule has 2 N–H and O–H groups in total. The minimum Gasteiger partial charge on any atom is -0.429 e. The lowest BCUT2D eigenvalue weighted by atomic mass is 10.2. The van der Waals surface area contributed by atoms with Gasteiger partial charge >= 0.3 is 6.11 Å². The van der Waals surface area contributed by atoms with Gasteiger partial charge in [-0.15, -0.1) is 0 Å². The van der Waals surface area contributed by atoms with Crippen molar-refractivity contribution in [2.45, 2.75) is 17.4 Å². The van der Waals surface area contributed by atoms with Gasteiger partial charge in [0.1, 0.15) is 5.75 Å². The molecule has 2 aromatic carbocycles. The van der Waals surface area contributed by atoms with Crippen LogP contribution in [0.2, 0.25) is 0 Å². The number of nitrogens with two attached hydrogens (primary N) is 1. The first-order valence-corrected chi connectivity index (χ1v) is 9.29. The Morgan fingerprint density at radius 1 is 1.04 bits per heavy atom. The van der Waals surface area contributed by atoms with Crippen LogP contribution in [0, 0.1) is 0 Å². The van der Waals surface area contributed by atoms with Crippen molar-refractivity contribution in [1.29, 1.82) is 0 Å². The van der Waals surface area contributed by atoms with E-state index in [0.29, 0.717) is 12.5 Å². The molecule has 2 aromatic rings. The monoisotopic (exact) mass is 367 g/mol. The number of hydrogen-bond donors (Lipinski definition) is 1. The zero-order chi connectivity index (χ0) is 18.3. The van der Waals surface area contributed by atoms with Crippen molar-refractivity contribution in [3.8, 4) is 5.75 Å². The second kappa shape index (κ2) is 8.22. The molecule has 4 nitrogen and oxygen atoms in total. The first-order valence-electron chi connectivity index (χ1n) is 7.64. The summed E-state index contributed by atoms with van der Waals surface area (Å²) in [5.41, 5.74) is 6.04. The van der Waals surface area contributed by atoms with Gasteiger partial charge in [0, 0.05) is 12.6 Å². The molecule has 0 aromatic heterocycles. The van der Waals surface area contributed by atoms with Gasteiger partial charge in [-0.1, -0.05) is 36.4 Å². The highest BCUT2D eigenvalue weighted by Crippen LogP contribution is 2.24. The number of alkyl halides is 2. The lowest BCUT2D eigenvalue weighted by molar-refractivity contribution is -0.131. The van der Waals surface area contributed by atoms with Crippen LogP contribution in [-0.2, 0) is 16.3 Å². The molecule has 0 radical (unpaired) electrons. The van der Waals surface area contributed by atoms with E-state index in [9.17, 15) is 17.2 Å². The molecular formula is C18H19F2NO3S. The average Bonchev–Trinajstić information content (AvgIpc) is 2.59. The van der Waals surface area contributed by atoms with E-state index < -0.39 is 15.9 Å². The summed E-state index contributed by atoms with van der Waals surface area (Å²) < 4.78 is 56.1. The fraction of sp³-hybridized carbons (Fsp3) is 0.222. The van der Waals surface area contributed by atoms with Crippen LogP contribution < -0.4 is 10.5 Å². The van der Waals surface area contributed by atoms with Crippen LogP contribution in [0.4, 0.5) is 8.78 Å². The number of aryl methyl sites for hydroxylation is 1. The zero-order valence-corrected chi connectivity index (χ0v) is 14.3. The summed E-state index contributed by atoms with van der Waals surface area (Å²) in [5, 5.41) is 0. The molecule has 7 heteroatoms. The maximum Gasteiger partial charge on any atom is 0.419 e. The summed E-state index contributed by atoms with van der Waals surface area (Å²) in [6.07, 6.45) is -1.49. The summed E-state index contributed by atoms with van der Waals surface area (Å²) >= 11 is 0. The summed E-state index contributed by atoms with van der Waals surface area (Å²) in [5.74, 6) is -0.194. The Balaban J connectivity index is 2.04. The quantitative estimate of drug-likeness (QED) is 0.728. The number of sulfone groups is 1. The van der Waals surface area contributed by atoms with Gasteiger partial charge in [-0.05, 0) is 36.2 Å². The van der Waals surface area contributed by atoms with Crippen molar-refractivity contribution in [3.05, 3.63) is 72.3 Å². The molecule has 0 saturated carbocycles. The largest absolute Gasteiger partial charge is 0.429 e. The molecule has 0 spiro atoms. The number of halogens is 2. The van der Waals surface area contributed by atoms with Crippen LogP contribution in [-0.4, -0.2) is 26.8 Å². The van der Waals surface area contributed by atoms with Gasteiger partial charge in [0.05, 0.1) is 10.6 Å². The van der Waals surface area contributed by atoms with Gasteiger partial charge in [0.25, 0.3) is 0 Å². The maximum atomic E-state index is 13.5. The predicted octanol–water partition coefficient (Wildman–Crippen LogP) is 3.19. The van der Waals surface area contributed by atoms with Gasteiger partial charge < -0.3 is 10.5 Å². The third-order valence-electron chi connectivity index (χ3n) is 3.39. The van der Waals surface area contributed by atoms with Crippen LogP contribution >= 0.6 is 0 Å². The van der Waals surface area contributed by atoms with Gasteiger partial charge in [-0.25, -0.2) is 8.42 Å². The first-order chi connectivity index (χ1) is 11.8. The van der Waals surface area contributed by atoms with E-state index in [-0.39, 0.29) is 22.9 Å². The number of rotatable bonds is 8. The van der Waals surface area contributed by atoms with Crippen molar-refractivity contribution in [3.63, 3.8) is 0 Å². The number of benzene rings is 2. The van der Waals surface area contributed by atoms with E-state index in [0.717, 1.165) is 11.6 Å². The van der Waals surface area contributed by atoms with Gasteiger partial charge in [-0.3, -0.25) is 0 Å². The van der Waals surface area contributed by atoms with Crippen LogP contribution in [0.25, 0.3) is 0 Å². The first kappa shape index (κ1) is 19.1. The Bertz CT molecular complexity index is 804. The Hall–Kier alpha value is -2.25. The summed E-state index contributed by atoms with van der Waals surface area (Å²) in [7, 11) is -3.51. The van der Waals surface area contributed by atoms with Crippen LogP contribution in [0.15, 0.2) is 71.6 Å². The predicted molar refractivity (Wildman–Crippen MR) is 92.4 cm³/mol. The van der Waals surface area contributed by atoms with Crippen molar-refractivity contribution in [2.75, 3.05) is 12.3 Å². The molecule has 0 fully saturated rings. The Morgan fingerprint density at radius 3 is 2.28 bits per heavy atom. The van der Waals surface area contributed by atoms with E-state index in [1.54, 1.807) is 0 Å². The Labute approximate surface area is 145 Å². The van der Waals surface area contributed by atoms with Crippen molar-refractivity contribution >= 4 is 9.84 Å². The second-order valence-corrected chi connectivity index (χ2v) is 7.44. The normalized spacial score (nSPS) is 12.4. The second-order valence-electron chi connectivity index (χ2n) is 5.33. The zero-order valence-electron chi connectivity index (χ0n) is 13.4. The fourth-order valence-corrected chi connectivity index (χ4v) is 3.42. The minimum atomic E-state index is -3.51. The van der Waals surface area contributed by atoms with E-state index in [2.05, 4.69) is 4.74 Å². The molecule has 2 rings (SSSR count). The van der Waals surface area contributed by atoms with Crippen LogP contribution in [0.3, 0.4) is 0 Å². The highest BCUT2D eigenvalue weighted by Gasteiger charge is 2.27. The summed E-state index contributed by atoms with van der Waals surface area (Å²) in [6, 6.07) is 14.2. The maximum absolute atomic E-state index is 13.5. The van der Waals surface area contributed by atoms with Gasteiger partial charge in [0.15, 0.2) is 9.84 Å². The smallest absolute Gasteiger partial charge is 0.419 e. The van der Waals surface area contributed by atoms with Crippen molar-refractivity contribution < 1.29 is 21.9 Å². The number of hydrogen-bond acceptors (Lipinski definition) is 4. The van der Waals surface area contributed by atoms with Gasteiger partial charge in [0.2, 0.25) is 0 Å². The molecule has 0 atom stereocenters. The topological polar surface area (TPSA) is 69.4 Å². The molecule has 0 aliphatic carbocycles. The van der Waals surface area contributed by atoms with Gasteiger partial charge in [-0.2, -0.15) is 8.78 Å². The van der Waals surface area contributed by atoms with Crippen LogP contribution in [0.5, 0.6) is 5.75 Å². The Kier molecular flexibility index (Phi) is 6.27. The molecule has 0 saturated heterocycles. The molecule has 0 aliphatic rings. The molecule has 134 valence electrons. The molecule has 0 aliphatic heterocycles. The Morgan fingerprint density at radius 2 is 1.68 bits per heavy atom. The molecule has 0 unspecified atom stereocenters. The average molecular weight is 367 g/mol. The molecule has 0 amide bonds. The van der Waals surface area contributed by atoms with E-state index in [4.69, 9.17) is 5.73 Å². The van der Waals surface area contributed by atoms with E-state index in [1.165, 1.54) is 24.3 Å². The summed E-state index contributed by atoms with van der Waals surface area (Å²) in [6.45, 7) is -0.0302. The molecule has 0 heterocycles. The standard InChI is InChI=1S/C18H19F2NO3S/c19-18(20,12-4-13-21)24-16-7-9-17(10-8-16)25(22,23)14-11-15-5-2-1-3-6-15/h1-10,12H,11,13-14,21H2/b12-4+. The van der Waals surface area contributed by atoms with Crippen molar-refractivity contribution in [2.24, 2.45) is 5.73 Å². The molecular weight excluding hydrogens is 348 g/mol. The van der Waals surface area contributed by atoms with Crippen molar-refractivity contribution in [1.82, 2.24) is 0 Å². The molecule has 25 heavy (non-hydrogen) atoms. The summed E-state index contributed by atoms with van der Waals surface area (Å²) in [4.78, 5) is 0.0663. The third kappa shape index (κ3) is 5.95. The fourth-order valence-electron chi connectivity index (χ4n) is 2.13. The SMILES string of the molecule is NC/C=C/C(F)(F)Oc1ccc(S(=O)(=O)CCc2ccccc2)cc1. The highest BCUT2D eigenvalue weighted by atomic mass is 32.2.